The molecule has 0 aliphatic heterocycles. The fourth-order valence-corrected chi connectivity index (χ4v) is 3.72. The largest absolute Gasteiger partial charge is 0.0616 e. The molecule has 0 unspecified atom stereocenters. The van der Waals surface area contributed by atoms with Crippen LogP contribution >= 0.6 is 0 Å². The van der Waals surface area contributed by atoms with Gasteiger partial charge in [-0.25, -0.2) is 0 Å². The zero-order valence-electron chi connectivity index (χ0n) is 12.6. The molecule has 1 aliphatic rings. The fraction of sp³-hybridized carbons (Fsp3) is 0.0476. The van der Waals surface area contributed by atoms with Crippen LogP contribution in [0.5, 0.6) is 0 Å². The fourth-order valence-electron chi connectivity index (χ4n) is 3.72. The van der Waals surface area contributed by atoms with Gasteiger partial charge in [-0.05, 0) is 50.2 Å². The van der Waals surface area contributed by atoms with Gasteiger partial charge in [0, 0.05) is 18.9 Å². The summed E-state index contributed by atoms with van der Waals surface area (Å²) in [5.41, 5.74) is 5.81. The molecule has 0 spiro atoms. The maximum atomic E-state index is 2.30. The molecule has 0 fully saturated rings. The van der Waals surface area contributed by atoms with E-state index in [1.54, 1.807) is 0 Å². The van der Waals surface area contributed by atoms with E-state index in [0.29, 0.717) is 0 Å². The summed E-state index contributed by atoms with van der Waals surface area (Å²) in [4.78, 5) is 0. The van der Waals surface area contributed by atoms with Gasteiger partial charge in [0.15, 0.2) is 0 Å². The zero-order valence-corrected chi connectivity index (χ0v) is 12.6. The second kappa shape index (κ2) is 5.02. The summed E-state index contributed by atoms with van der Waals surface area (Å²) in [6, 6.07) is 26.6. The van der Waals surface area contributed by atoms with E-state index in [4.69, 9.17) is 0 Å². The summed E-state index contributed by atoms with van der Waals surface area (Å²) in [5, 5.41) is 5.42. The van der Waals surface area contributed by atoms with Gasteiger partial charge in [0.05, 0.1) is 0 Å². The van der Waals surface area contributed by atoms with Crippen molar-refractivity contribution in [1.29, 1.82) is 0 Å². The predicted molar refractivity (Wildman–Crippen MR) is 95.5 cm³/mol. The topological polar surface area (TPSA) is 0 Å². The molecular formula is C21H14Li. The van der Waals surface area contributed by atoms with Crippen LogP contribution in [-0.2, 0) is 6.42 Å². The van der Waals surface area contributed by atoms with Crippen LogP contribution < -0.4 is 0 Å². The van der Waals surface area contributed by atoms with E-state index in [1.165, 1.54) is 43.8 Å². The Bertz CT molecular complexity index is 931. The smallest absolute Gasteiger partial charge is 0 e. The second-order valence-electron chi connectivity index (χ2n) is 5.82. The molecule has 22 heavy (non-hydrogen) atoms. The summed E-state index contributed by atoms with van der Waals surface area (Å²) >= 11 is 0. The van der Waals surface area contributed by atoms with E-state index >= 15 is 0 Å². The normalized spacial score (nSPS) is 12.0. The summed E-state index contributed by atoms with van der Waals surface area (Å²) in [6.07, 6.45) is 1.06. The first-order chi connectivity index (χ1) is 10.4. The van der Waals surface area contributed by atoms with Crippen LogP contribution in [0.4, 0.5) is 0 Å². The van der Waals surface area contributed by atoms with Crippen molar-refractivity contribution in [2.24, 2.45) is 0 Å². The van der Waals surface area contributed by atoms with Gasteiger partial charge >= 0.3 is 0 Å². The van der Waals surface area contributed by atoms with Crippen LogP contribution in [0.3, 0.4) is 0 Å². The molecule has 0 saturated carbocycles. The van der Waals surface area contributed by atoms with Gasteiger partial charge < -0.3 is 0 Å². The minimum atomic E-state index is 0. The third-order valence-corrected chi connectivity index (χ3v) is 4.66. The molecule has 0 saturated heterocycles. The minimum Gasteiger partial charge on any atom is -0.0616 e. The Balaban J connectivity index is 0.00000125. The predicted octanol–water partition coefficient (Wildman–Crippen LogP) is 5.18. The molecule has 0 heterocycles. The van der Waals surface area contributed by atoms with Crippen LogP contribution in [0.25, 0.3) is 32.7 Å². The Labute approximate surface area is 142 Å². The summed E-state index contributed by atoms with van der Waals surface area (Å²) in [6.45, 7) is 0. The van der Waals surface area contributed by atoms with Crippen LogP contribution in [0.2, 0.25) is 0 Å². The Morgan fingerprint density at radius 1 is 0.500 bits per heavy atom. The van der Waals surface area contributed by atoms with Crippen LogP contribution in [0.1, 0.15) is 11.1 Å². The number of benzene rings is 4. The maximum absolute atomic E-state index is 2.30. The Kier molecular flexibility index (Phi) is 3.12. The van der Waals surface area contributed by atoms with E-state index < -0.39 is 0 Å². The molecule has 0 nitrogen and oxygen atoms in total. The third kappa shape index (κ3) is 1.78. The van der Waals surface area contributed by atoms with Gasteiger partial charge in [-0.2, -0.15) is 0 Å². The number of rotatable bonds is 0. The van der Waals surface area contributed by atoms with Gasteiger partial charge in [-0.3, -0.25) is 0 Å². The van der Waals surface area contributed by atoms with Gasteiger partial charge in [0.2, 0.25) is 0 Å². The van der Waals surface area contributed by atoms with Crippen LogP contribution in [-0.4, -0.2) is 18.9 Å². The van der Waals surface area contributed by atoms with E-state index in [-0.39, 0.29) is 18.9 Å². The molecule has 0 aromatic heterocycles. The molecule has 1 heteroatoms. The Hall–Kier alpha value is -2.00. The molecule has 0 N–H and O–H groups in total. The summed E-state index contributed by atoms with van der Waals surface area (Å²) < 4.78 is 0. The van der Waals surface area contributed by atoms with Gasteiger partial charge in [-0.15, -0.1) is 0 Å². The Morgan fingerprint density at radius 2 is 0.955 bits per heavy atom. The number of fused-ring (bicyclic) bond motifs is 7. The van der Waals surface area contributed by atoms with Gasteiger partial charge in [0.1, 0.15) is 0 Å². The van der Waals surface area contributed by atoms with Crippen molar-refractivity contribution in [3.8, 4) is 11.1 Å². The standard InChI is InChI=1S/C21H14.Li/c1-3-7-18-14(5-1)9-11-16-13-17-12-10-15-6-2-4-8-19(15)21(17)20(16)18;/h1-12H,13H2;. The first kappa shape index (κ1) is 13.6. The summed E-state index contributed by atoms with van der Waals surface area (Å²) in [7, 11) is 0. The van der Waals surface area contributed by atoms with Crippen LogP contribution in [0.15, 0.2) is 72.8 Å². The number of hydrogen-bond donors (Lipinski definition) is 0. The van der Waals surface area contributed by atoms with Crippen molar-refractivity contribution >= 4 is 40.4 Å². The van der Waals surface area contributed by atoms with Crippen molar-refractivity contribution in [2.45, 2.75) is 6.42 Å². The van der Waals surface area contributed by atoms with Gasteiger partial charge in [-0.1, -0.05) is 72.8 Å². The maximum Gasteiger partial charge on any atom is 0 e. The second-order valence-corrected chi connectivity index (χ2v) is 5.82. The molecule has 0 atom stereocenters. The molecule has 0 amide bonds. The average molecular weight is 273 g/mol. The molecule has 99 valence electrons. The molecule has 1 aliphatic carbocycles. The zero-order chi connectivity index (χ0) is 13.8. The first-order valence-electron chi connectivity index (χ1n) is 7.43. The van der Waals surface area contributed by atoms with Crippen molar-refractivity contribution in [1.82, 2.24) is 0 Å². The average Bonchev–Trinajstić information content (AvgIpc) is 2.94. The SMILES string of the molecule is [Li].c1ccc2c3c(ccc2c1)Cc1ccc2ccccc2c1-3. The van der Waals surface area contributed by atoms with Crippen molar-refractivity contribution in [3.63, 3.8) is 0 Å². The molecule has 5 rings (SSSR count). The molecule has 0 bridgehead atoms. The third-order valence-electron chi connectivity index (χ3n) is 4.66. The molecule has 1 radical (unpaired) electrons. The summed E-state index contributed by atoms with van der Waals surface area (Å²) in [5.74, 6) is 0. The van der Waals surface area contributed by atoms with Crippen LogP contribution in [0, 0.1) is 0 Å². The molecular weight excluding hydrogens is 259 g/mol. The van der Waals surface area contributed by atoms with Gasteiger partial charge in [0.25, 0.3) is 0 Å². The number of hydrogen-bond acceptors (Lipinski definition) is 0. The van der Waals surface area contributed by atoms with E-state index in [1.807, 2.05) is 0 Å². The first-order valence-corrected chi connectivity index (χ1v) is 7.43. The van der Waals surface area contributed by atoms with Crippen molar-refractivity contribution < 1.29 is 0 Å². The Morgan fingerprint density at radius 3 is 1.45 bits per heavy atom. The van der Waals surface area contributed by atoms with E-state index in [2.05, 4.69) is 72.8 Å². The van der Waals surface area contributed by atoms with Crippen molar-refractivity contribution in [3.05, 3.63) is 83.9 Å². The molecule has 4 aromatic rings. The minimum absolute atomic E-state index is 0. The molecule has 4 aromatic carbocycles. The van der Waals surface area contributed by atoms with E-state index in [9.17, 15) is 0 Å². The monoisotopic (exact) mass is 273 g/mol. The van der Waals surface area contributed by atoms with E-state index in [0.717, 1.165) is 6.42 Å². The quantitative estimate of drug-likeness (QED) is 0.341. The van der Waals surface area contributed by atoms with Crippen molar-refractivity contribution in [2.75, 3.05) is 0 Å².